The number of imide groups is 2. The third kappa shape index (κ3) is 3.91. The molecular formula is C37H29N3O7S. The summed E-state index contributed by atoms with van der Waals surface area (Å²) in [6, 6.07) is 27.7. The second kappa shape index (κ2) is 10.5. The Balaban J connectivity index is 1.38. The third-order valence-corrected chi connectivity index (χ3v) is 12.1. The van der Waals surface area contributed by atoms with Gasteiger partial charge in [-0.05, 0) is 55.0 Å². The lowest BCUT2D eigenvalue weighted by molar-refractivity contribution is -0.142. The maximum atomic E-state index is 14.9. The largest absolute Gasteiger partial charge is 0.299 e. The number of nitrogens with zero attached hydrogens (tertiary/aromatic N) is 3. The van der Waals surface area contributed by atoms with Gasteiger partial charge in [0.15, 0.2) is 0 Å². The molecule has 10 nitrogen and oxygen atoms in total. The number of aryl methyl sites for hydroxylation is 1. The molecule has 1 unspecified atom stereocenters. The Morgan fingerprint density at radius 1 is 0.646 bits per heavy atom. The average molecular weight is 660 g/mol. The van der Waals surface area contributed by atoms with Crippen LogP contribution >= 0.6 is 0 Å². The number of Topliss-reactive ketones (excluding diaryl/α,β-unsaturated/α-hetero) is 1. The minimum absolute atomic E-state index is 0.0790. The van der Waals surface area contributed by atoms with Crippen LogP contribution in [0.2, 0.25) is 0 Å². The summed E-state index contributed by atoms with van der Waals surface area (Å²) in [5, 5.41) is 0. The lowest BCUT2D eigenvalue weighted by atomic mass is 9.55. The Labute approximate surface area is 276 Å². The van der Waals surface area contributed by atoms with Gasteiger partial charge in [-0.3, -0.25) is 33.2 Å². The molecule has 0 radical (unpaired) electrons. The van der Waals surface area contributed by atoms with E-state index in [-0.39, 0.29) is 22.6 Å². The molecule has 11 heteroatoms. The number of carbonyl (C=O) groups is 5. The topological polar surface area (TPSA) is 129 Å². The number of para-hydroxylation sites is 3. The Kier molecular flexibility index (Phi) is 6.58. The number of carbonyl (C=O) groups excluding carboxylic acids is 5. The number of sulfonamides is 1. The first-order valence-corrected chi connectivity index (χ1v) is 17.1. The SMILES string of the molecule is Cc1ccc(S(=O)(=O)N2c3ccccc3[C@@]3(C4CC(=O)N(c5ccccc5)C4=O)C(=O)C[C@H]4C(=O)N(c5ccccc5)C(=O)[C@H]4[C@@H]23)cc1. The van der Waals surface area contributed by atoms with Crippen LogP contribution in [0.3, 0.4) is 0 Å². The van der Waals surface area contributed by atoms with Crippen LogP contribution in [0.1, 0.15) is 24.0 Å². The zero-order valence-electron chi connectivity index (χ0n) is 25.7. The molecule has 240 valence electrons. The fourth-order valence-electron chi connectivity index (χ4n) is 8.30. The van der Waals surface area contributed by atoms with E-state index < -0.39 is 75.1 Å². The van der Waals surface area contributed by atoms with E-state index in [1.807, 2.05) is 6.92 Å². The van der Waals surface area contributed by atoms with E-state index in [9.17, 15) is 32.4 Å². The number of benzene rings is 4. The number of hydrogen-bond acceptors (Lipinski definition) is 7. The number of rotatable bonds is 5. The van der Waals surface area contributed by atoms with Gasteiger partial charge in [-0.15, -0.1) is 0 Å². The van der Waals surface area contributed by atoms with Crippen LogP contribution in [0.15, 0.2) is 114 Å². The molecule has 5 atom stereocenters. The van der Waals surface area contributed by atoms with Crippen molar-refractivity contribution in [3.05, 3.63) is 120 Å². The summed E-state index contributed by atoms with van der Waals surface area (Å²) >= 11 is 0. The van der Waals surface area contributed by atoms with Crippen molar-refractivity contribution in [3.63, 3.8) is 0 Å². The monoisotopic (exact) mass is 659 g/mol. The van der Waals surface area contributed by atoms with Gasteiger partial charge in [0.05, 0.1) is 51.2 Å². The minimum atomic E-state index is -4.50. The molecule has 0 bridgehead atoms. The Hall–Kier alpha value is -5.42. The lowest BCUT2D eigenvalue weighted by Gasteiger charge is -2.47. The zero-order chi connectivity index (χ0) is 33.5. The third-order valence-electron chi connectivity index (χ3n) is 10.3. The van der Waals surface area contributed by atoms with E-state index in [0.717, 1.165) is 19.7 Å². The second-order valence-electron chi connectivity index (χ2n) is 12.7. The van der Waals surface area contributed by atoms with E-state index in [0.29, 0.717) is 11.4 Å². The number of ketones is 1. The van der Waals surface area contributed by atoms with Crippen molar-refractivity contribution in [1.29, 1.82) is 0 Å². The second-order valence-corrected chi connectivity index (χ2v) is 14.5. The van der Waals surface area contributed by atoms with Crippen LogP contribution in [-0.4, -0.2) is 43.9 Å². The first kappa shape index (κ1) is 29.9. The predicted molar refractivity (Wildman–Crippen MR) is 175 cm³/mol. The molecule has 0 N–H and O–H groups in total. The molecule has 48 heavy (non-hydrogen) atoms. The molecule has 0 spiro atoms. The number of amides is 4. The van der Waals surface area contributed by atoms with E-state index in [4.69, 9.17) is 0 Å². The molecule has 4 aromatic carbocycles. The summed E-state index contributed by atoms with van der Waals surface area (Å²) in [5.41, 5.74) is -0.117. The van der Waals surface area contributed by atoms with Crippen LogP contribution in [-0.2, 0) is 39.4 Å². The number of fused-ring (bicyclic) bond motifs is 5. The van der Waals surface area contributed by atoms with Crippen LogP contribution in [0.5, 0.6) is 0 Å². The zero-order valence-corrected chi connectivity index (χ0v) is 26.5. The first-order chi connectivity index (χ1) is 23.1. The normalized spacial score (nSPS) is 26.6. The van der Waals surface area contributed by atoms with E-state index in [1.165, 1.54) is 12.1 Å². The molecule has 3 fully saturated rings. The number of hydrogen-bond donors (Lipinski definition) is 0. The van der Waals surface area contributed by atoms with Crippen molar-refractivity contribution in [3.8, 4) is 0 Å². The Bertz CT molecular complexity index is 2150. The molecule has 3 heterocycles. The van der Waals surface area contributed by atoms with E-state index in [1.54, 1.807) is 97.1 Å². The molecule has 4 aliphatic rings. The summed E-state index contributed by atoms with van der Waals surface area (Å²) in [6.07, 6.45) is -0.782. The summed E-state index contributed by atoms with van der Waals surface area (Å²) in [7, 11) is -4.50. The number of anilines is 3. The van der Waals surface area contributed by atoms with Gasteiger partial charge in [0.2, 0.25) is 23.6 Å². The maximum Gasteiger partial charge on any atom is 0.264 e. The van der Waals surface area contributed by atoms with Crippen molar-refractivity contribution in [2.45, 2.75) is 36.1 Å². The van der Waals surface area contributed by atoms with Crippen LogP contribution in [0.25, 0.3) is 0 Å². The lowest BCUT2D eigenvalue weighted by Crippen LogP contribution is -2.65. The average Bonchev–Trinajstić information content (AvgIpc) is 3.66. The highest BCUT2D eigenvalue weighted by Crippen LogP contribution is 2.62. The Morgan fingerprint density at radius 3 is 1.88 bits per heavy atom. The standard InChI is InChI=1S/C37H29N3O7S/c1-22-16-18-25(19-17-22)48(46,47)40-29-15-9-8-14-27(29)37(28-21-31(42)38(35(28)44)23-10-4-2-5-11-23)30(41)20-26-32(33(37)40)36(45)39(34(26)43)24-12-6-3-7-13-24/h2-19,26,28,32-33H,20-21H2,1H3/t26-,28?,32-,33-,37-/m1/s1. The van der Waals surface area contributed by atoms with Crippen molar-refractivity contribution in [2.24, 2.45) is 17.8 Å². The molecule has 8 rings (SSSR count). The van der Waals surface area contributed by atoms with Gasteiger partial charge in [0, 0.05) is 12.8 Å². The van der Waals surface area contributed by atoms with Crippen LogP contribution in [0.4, 0.5) is 17.1 Å². The molecular weight excluding hydrogens is 630 g/mol. The highest BCUT2D eigenvalue weighted by molar-refractivity contribution is 7.93. The van der Waals surface area contributed by atoms with Gasteiger partial charge in [-0.25, -0.2) is 13.3 Å². The molecule has 3 aliphatic heterocycles. The summed E-state index contributed by atoms with van der Waals surface area (Å²) in [6.45, 7) is 1.82. The van der Waals surface area contributed by atoms with Crippen molar-refractivity contribution < 1.29 is 32.4 Å². The van der Waals surface area contributed by atoms with Crippen LogP contribution in [0, 0.1) is 24.7 Å². The smallest absolute Gasteiger partial charge is 0.264 e. The van der Waals surface area contributed by atoms with Crippen molar-refractivity contribution >= 4 is 56.5 Å². The summed E-state index contributed by atoms with van der Waals surface area (Å²) in [4.78, 5) is 73.8. The van der Waals surface area contributed by atoms with Gasteiger partial charge in [-0.2, -0.15) is 0 Å². The minimum Gasteiger partial charge on any atom is -0.299 e. The van der Waals surface area contributed by atoms with E-state index in [2.05, 4.69) is 0 Å². The predicted octanol–water partition coefficient (Wildman–Crippen LogP) is 4.17. The highest BCUT2D eigenvalue weighted by Gasteiger charge is 2.74. The quantitative estimate of drug-likeness (QED) is 0.294. The van der Waals surface area contributed by atoms with Crippen molar-refractivity contribution in [1.82, 2.24) is 0 Å². The molecule has 1 aliphatic carbocycles. The molecule has 0 aromatic heterocycles. The maximum absolute atomic E-state index is 14.9. The van der Waals surface area contributed by atoms with Crippen LogP contribution < -0.4 is 14.1 Å². The summed E-state index contributed by atoms with van der Waals surface area (Å²) in [5.74, 6) is -6.87. The molecule has 4 aromatic rings. The fraction of sp³-hybridized carbons (Fsp3) is 0.216. The first-order valence-electron chi connectivity index (χ1n) is 15.7. The summed E-state index contributed by atoms with van der Waals surface area (Å²) < 4.78 is 30.7. The fourth-order valence-corrected chi connectivity index (χ4v) is 10.0. The Morgan fingerprint density at radius 2 is 1.23 bits per heavy atom. The van der Waals surface area contributed by atoms with Gasteiger partial charge < -0.3 is 0 Å². The van der Waals surface area contributed by atoms with Crippen molar-refractivity contribution in [2.75, 3.05) is 14.1 Å². The molecule has 1 saturated carbocycles. The molecule has 4 amide bonds. The highest BCUT2D eigenvalue weighted by atomic mass is 32.2. The van der Waals surface area contributed by atoms with Gasteiger partial charge in [0.25, 0.3) is 10.0 Å². The van der Waals surface area contributed by atoms with Gasteiger partial charge in [-0.1, -0.05) is 72.3 Å². The van der Waals surface area contributed by atoms with Gasteiger partial charge >= 0.3 is 0 Å². The van der Waals surface area contributed by atoms with E-state index >= 15 is 0 Å². The van der Waals surface area contributed by atoms with Gasteiger partial charge in [0.1, 0.15) is 5.78 Å². The molecule has 2 saturated heterocycles.